The molecule has 5 heterocycles. The quantitative estimate of drug-likeness (QED) is 0.165. The smallest absolute Gasteiger partial charge is 0.333 e. The van der Waals surface area contributed by atoms with Crippen molar-refractivity contribution in [2.75, 3.05) is 4.81 Å². The van der Waals surface area contributed by atoms with Crippen LogP contribution in [0.5, 0.6) is 0 Å². The number of nitrogens with zero attached hydrogens (tertiary/aromatic N) is 3. The highest BCUT2D eigenvalue weighted by molar-refractivity contribution is 6.94. The summed E-state index contributed by atoms with van der Waals surface area (Å²) in [6, 6.07) is 70.4. The molecule has 0 bridgehead atoms. The monoisotopic (exact) mass is 899 g/mol. The van der Waals surface area contributed by atoms with Crippen LogP contribution in [0.4, 0.5) is 11.4 Å². The highest BCUT2D eigenvalue weighted by Crippen LogP contribution is 2.53. The second-order valence-corrected chi connectivity index (χ2v) is 21.5. The summed E-state index contributed by atoms with van der Waals surface area (Å²) in [6.07, 6.45) is 2.28. The van der Waals surface area contributed by atoms with Crippen LogP contribution in [0.3, 0.4) is 0 Å². The number of aryl methyl sites for hydroxylation is 1. The van der Waals surface area contributed by atoms with E-state index in [1.165, 1.54) is 99.4 Å². The lowest BCUT2D eigenvalue weighted by Gasteiger charge is -2.42. The molecule has 0 saturated carbocycles. The third-order valence-electron chi connectivity index (χ3n) is 16.6. The van der Waals surface area contributed by atoms with Crippen molar-refractivity contribution in [1.82, 2.24) is 9.13 Å². The average Bonchev–Trinajstić information content (AvgIpc) is 4.05. The van der Waals surface area contributed by atoms with Crippen molar-refractivity contribution in [3.8, 4) is 45.0 Å². The highest BCUT2D eigenvalue weighted by Gasteiger charge is 2.46. The molecule has 15 rings (SSSR count). The number of aromatic nitrogens is 2. The van der Waals surface area contributed by atoms with Crippen molar-refractivity contribution in [3.05, 3.63) is 205 Å². The number of furan rings is 1. The fourth-order valence-corrected chi connectivity index (χ4v) is 13.1. The molecule has 0 radical (unpaired) electrons. The number of para-hydroxylation sites is 3. The topological polar surface area (TPSA) is 26.2 Å². The second kappa shape index (κ2) is 14.0. The molecule has 0 N–H and O–H groups in total. The van der Waals surface area contributed by atoms with Gasteiger partial charge in [0.1, 0.15) is 11.3 Å². The molecule has 0 fully saturated rings. The van der Waals surface area contributed by atoms with E-state index in [1.54, 1.807) is 0 Å². The summed E-state index contributed by atoms with van der Waals surface area (Å²) in [6.45, 7) is 11.9. The largest absolute Gasteiger partial charge is 0.455 e. The van der Waals surface area contributed by atoms with Crippen LogP contribution in [-0.2, 0) is 10.8 Å². The van der Waals surface area contributed by atoms with Crippen LogP contribution in [0.2, 0.25) is 0 Å². The maximum Gasteiger partial charge on any atom is 0.333 e. The summed E-state index contributed by atoms with van der Waals surface area (Å²) in [4.78, 5) is 2.62. The summed E-state index contributed by atoms with van der Waals surface area (Å²) in [5.41, 5.74) is 23.2. The van der Waals surface area contributed by atoms with Gasteiger partial charge in [0.2, 0.25) is 0 Å². The van der Waals surface area contributed by atoms with Gasteiger partial charge in [-0.05, 0) is 124 Å². The van der Waals surface area contributed by atoms with E-state index in [-0.39, 0.29) is 17.7 Å². The minimum Gasteiger partial charge on any atom is -0.455 e. The van der Waals surface area contributed by atoms with E-state index in [9.17, 15) is 0 Å². The Morgan fingerprint density at radius 2 is 1.10 bits per heavy atom. The Morgan fingerprint density at radius 1 is 0.486 bits per heavy atom. The van der Waals surface area contributed by atoms with Crippen molar-refractivity contribution in [2.45, 2.75) is 58.3 Å². The number of hydrogen-bond acceptors (Lipinski definition) is 2. The van der Waals surface area contributed by atoms with Gasteiger partial charge in [-0.2, -0.15) is 0 Å². The number of rotatable bonds is 4. The Bertz CT molecular complexity index is 4140. The molecule has 4 nitrogen and oxygen atoms in total. The minimum absolute atomic E-state index is 0.00561. The molecule has 3 aliphatic rings. The van der Waals surface area contributed by atoms with Crippen molar-refractivity contribution >= 4 is 83.7 Å². The van der Waals surface area contributed by atoms with Crippen molar-refractivity contribution in [1.29, 1.82) is 0 Å². The molecule has 0 saturated heterocycles. The maximum atomic E-state index is 7.25. The van der Waals surface area contributed by atoms with E-state index in [0.717, 1.165) is 51.9 Å². The standard InChI is InChI=1S/C65H50BN3O/c1-39-28-30-42(31-29-39)69-54-27-17-14-24-45(54)46-35-57(67-52-25-15-12-22-43(52)44-23-13-16-26-53(44)67)60-47-34-49-50(65(4,5)33-32-64(49,2)3)37-55(47)68-56-36-48-58(38-51(56)66(69)61(46)62(60)68)70-63(41-20-10-7-11-21-41)59(48)40-18-8-6-9-19-40/h6-31,34-38H,32-33H2,1-5H3. The van der Waals surface area contributed by atoms with Crippen LogP contribution >= 0.6 is 0 Å². The van der Waals surface area contributed by atoms with Gasteiger partial charge in [0, 0.05) is 60.7 Å². The molecule has 70 heavy (non-hydrogen) atoms. The lowest BCUT2D eigenvalue weighted by atomic mass is 9.44. The van der Waals surface area contributed by atoms with Crippen LogP contribution in [0.15, 0.2) is 192 Å². The van der Waals surface area contributed by atoms with Crippen LogP contribution in [0.25, 0.3) is 99.5 Å². The first kappa shape index (κ1) is 39.9. The first-order chi connectivity index (χ1) is 34.1. The summed E-state index contributed by atoms with van der Waals surface area (Å²) in [5, 5.41) is 6.23. The molecule has 2 aliphatic heterocycles. The van der Waals surface area contributed by atoms with Crippen LogP contribution in [0, 0.1) is 6.92 Å². The Balaban J connectivity index is 1.19. The molecule has 0 unspecified atom stereocenters. The molecule has 1 aliphatic carbocycles. The average molecular weight is 900 g/mol. The highest BCUT2D eigenvalue weighted by atomic mass is 16.3. The number of benzene rings is 9. The lowest BCUT2D eigenvalue weighted by Crippen LogP contribution is -2.60. The molecular weight excluding hydrogens is 850 g/mol. The van der Waals surface area contributed by atoms with Gasteiger partial charge in [-0.15, -0.1) is 0 Å². The van der Waals surface area contributed by atoms with E-state index in [1.807, 2.05) is 0 Å². The van der Waals surface area contributed by atoms with Crippen LogP contribution in [-0.4, -0.2) is 16.0 Å². The molecule has 0 atom stereocenters. The molecule has 334 valence electrons. The molecule has 0 amide bonds. The third-order valence-corrected chi connectivity index (χ3v) is 16.6. The van der Waals surface area contributed by atoms with E-state index < -0.39 is 0 Å². The molecule has 9 aromatic carbocycles. The third kappa shape index (κ3) is 5.32. The normalized spacial score (nSPS) is 15.3. The summed E-state index contributed by atoms with van der Waals surface area (Å²) in [7, 11) is 0. The van der Waals surface area contributed by atoms with E-state index in [0.29, 0.717) is 0 Å². The summed E-state index contributed by atoms with van der Waals surface area (Å²) in [5.74, 6) is 0.890. The Labute approximate surface area is 408 Å². The summed E-state index contributed by atoms with van der Waals surface area (Å²) < 4.78 is 12.5. The van der Waals surface area contributed by atoms with E-state index in [4.69, 9.17) is 4.42 Å². The van der Waals surface area contributed by atoms with E-state index >= 15 is 0 Å². The number of hydrogen-bond donors (Lipinski definition) is 0. The van der Waals surface area contributed by atoms with Gasteiger partial charge in [0.05, 0.1) is 27.8 Å². The maximum absolute atomic E-state index is 7.25. The van der Waals surface area contributed by atoms with E-state index in [2.05, 4.69) is 237 Å². The Morgan fingerprint density at radius 3 is 1.80 bits per heavy atom. The fraction of sp³-hybridized carbons (Fsp3) is 0.138. The molecular formula is C65H50BN3O. The van der Waals surface area contributed by atoms with Gasteiger partial charge in [0.15, 0.2) is 0 Å². The molecule has 0 spiro atoms. The second-order valence-electron chi connectivity index (χ2n) is 21.5. The van der Waals surface area contributed by atoms with Crippen molar-refractivity contribution in [3.63, 3.8) is 0 Å². The zero-order valence-electron chi connectivity index (χ0n) is 40.1. The minimum atomic E-state index is -0.175. The first-order valence-electron chi connectivity index (χ1n) is 25.0. The fourth-order valence-electron chi connectivity index (χ4n) is 13.1. The van der Waals surface area contributed by atoms with Gasteiger partial charge < -0.3 is 18.4 Å². The molecule has 12 aromatic rings. The van der Waals surface area contributed by atoms with Crippen molar-refractivity contribution in [2.24, 2.45) is 0 Å². The van der Waals surface area contributed by atoms with Gasteiger partial charge in [-0.1, -0.05) is 161 Å². The van der Waals surface area contributed by atoms with Crippen LogP contribution in [0.1, 0.15) is 57.2 Å². The van der Waals surface area contributed by atoms with Gasteiger partial charge >= 0.3 is 6.85 Å². The zero-order valence-corrected chi connectivity index (χ0v) is 40.1. The van der Waals surface area contributed by atoms with Gasteiger partial charge in [0.25, 0.3) is 0 Å². The van der Waals surface area contributed by atoms with Gasteiger partial charge in [-0.25, -0.2) is 0 Å². The predicted octanol–water partition coefficient (Wildman–Crippen LogP) is 15.9. The zero-order chi connectivity index (χ0) is 46.8. The number of fused-ring (bicyclic) bond motifs is 13. The lowest BCUT2D eigenvalue weighted by molar-refractivity contribution is 0.332. The van der Waals surface area contributed by atoms with Crippen LogP contribution < -0.4 is 15.7 Å². The number of anilines is 2. The molecule has 5 heteroatoms. The van der Waals surface area contributed by atoms with Crippen molar-refractivity contribution < 1.29 is 4.42 Å². The predicted molar refractivity (Wildman–Crippen MR) is 295 cm³/mol. The SMILES string of the molecule is Cc1ccc(N2B3c4cc5oc(-c6ccccc6)c(-c6ccccc6)c5cc4-n4c5cc6c(cc5c5c(-n7c8ccccc8c8ccccc87)cc(c3c54)-c3ccccc32)C(C)(C)CCC6(C)C)cc1. The Hall–Kier alpha value is -8.02. The molecule has 3 aromatic heterocycles. The summed E-state index contributed by atoms with van der Waals surface area (Å²) >= 11 is 0. The van der Waals surface area contributed by atoms with Gasteiger partial charge in [-0.3, -0.25) is 0 Å². The Kier molecular flexibility index (Phi) is 8.01. The first-order valence-corrected chi connectivity index (χ1v) is 25.0.